The number of anilines is 1. The Morgan fingerprint density at radius 1 is 1.38 bits per heavy atom. The van der Waals surface area contributed by atoms with Gasteiger partial charge >= 0.3 is 0 Å². The van der Waals surface area contributed by atoms with E-state index in [2.05, 4.69) is 20.5 Å². The Hall–Kier alpha value is -0.650. The molecule has 1 aromatic heterocycles. The largest absolute Gasteiger partial charge is 0.378 e. The molecule has 0 aliphatic heterocycles. The van der Waals surface area contributed by atoms with Gasteiger partial charge in [0.25, 0.3) is 0 Å². The SMILES string of the molecule is CCOC1CC(Nc2nc(Cl)nnc2Cl)C1. The van der Waals surface area contributed by atoms with Crippen LogP contribution in [0.1, 0.15) is 19.8 Å². The van der Waals surface area contributed by atoms with E-state index in [9.17, 15) is 0 Å². The molecule has 0 atom stereocenters. The van der Waals surface area contributed by atoms with E-state index in [1.807, 2.05) is 6.92 Å². The summed E-state index contributed by atoms with van der Waals surface area (Å²) in [4.78, 5) is 3.97. The lowest BCUT2D eigenvalue weighted by molar-refractivity contribution is 0.00292. The number of hydrogen-bond donors (Lipinski definition) is 1. The molecule has 88 valence electrons. The van der Waals surface area contributed by atoms with Crippen molar-refractivity contribution in [1.29, 1.82) is 0 Å². The van der Waals surface area contributed by atoms with Crippen LogP contribution in [0.3, 0.4) is 0 Å². The predicted octanol–water partition coefficient (Wildman–Crippen LogP) is 2.16. The molecule has 0 amide bonds. The van der Waals surface area contributed by atoms with Gasteiger partial charge in [-0.05, 0) is 31.4 Å². The van der Waals surface area contributed by atoms with Crippen LogP contribution < -0.4 is 5.32 Å². The van der Waals surface area contributed by atoms with Gasteiger partial charge in [0.1, 0.15) is 0 Å². The van der Waals surface area contributed by atoms with Crippen molar-refractivity contribution >= 4 is 29.0 Å². The maximum atomic E-state index is 5.83. The Balaban J connectivity index is 1.89. The summed E-state index contributed by atoms with van der Waals surface area (Å²) in [6.07, 6.45) is 2.24. The van der Waals surface area contributed by atoms with Crippen molar-refractivity contribution < 1.29 is 4.74 Å². The second-order valence-electron chi connectivity index (χ2n) is 3.61. The molecule has 1 N–H and O–H groups in total. The summed E-state index contributed by atoms with van der Waals surface area (Å²) in [5.41, 5.74) is 0. The summed E-state index contributed by atoms with van der Waals surface area (Å²) in [6, 6.07) is 0.321. The van der Waals surface area contributed by atoms with Crippen LogP contribution in [0, 0.1) is 0 Å². The zero-order valence-corrected chi connectivity index (χ0v) is 10.3. The zero-order chi connectivity index (χ0) is 11.5. The highest BCUT2D eigenvalue weighted by molar-refractivity contribution is 6.32. The summed E-state index contributed by atoms with van der Waals surface area (Å²) in [7, 11) is 0. The maximum Gasteiger partial charge on any atom is 0.245 e. The summed E-state index contributed by atoms with van der Waals surface area (Å²) in [5.74, 6) is 0.488. The van der Waals surface area contributed by atoms with E-state index < -0.39 is 0 Å². The quantitative estimate of drug-likeness (QED) is 0.901. The highest BCUT2D eigenvalue weighted by atomic mass is 35.5. The molecule has 0 unspecified atom stereocenters. The van der Waals surface area contributed by atoms with Crippen LogP contribution >= 0.6 is 23.2 Å². The van der Waals surface area contributed by atoms with E-state index in [0.717, 1.165) is 19.4 Å². The lowest BCUT2D eigenvalue weighted by Crippen LogP contribution is -2.41. The summed E-state index contributed by atoms with van der Waals surface area (Å²) in [5, 5.41) is 10.7. The fourth-order valence-corrected chi connectivity index (χ4v) is 1.89. The van der Waals surface area contributed by atoms with Crippen molar-refractivity contribution in [3.05, 3.63) is 10.4 Å². The van der Waals surface area contributed by atoms with Gasteiger partial charge in [0, 0.05) is 12.6 Å². The average Bonchev–Trinajstić information content (AvgIpc) is 2.20. The number of halogens is 2. The third kappa shape index (κ3) is 2.72. The van der Waals surface area contributed by atoms with Crippen LogP contribution in [-0.2, 0) is 4.74 Å². The minimum Gasteiger partial charge on any atom is -0.378 e. The molecule has 0 spiro atoms. The average molecular weight is 263 g/mol. The Morgan fingerprint density at radius 3 is 2.81 bits per heavy atom. The van der Waals surface area contributed by atoms with E-state index >= 15 is 0 Å². The van der Waals surface area contributed by atoms with Crippen LogP contribution in [0.15, 0.2) is 0 Å². The Kier molecular flexibility index (Phi) is 3.78. The van der Waals surface area contributed by atoms with Crippen LogP contribution in [0.4, 0.5) is 5.82 Å². The van der Waals surface area contributed by atoms with Crippen LogP contribution in [0.25, 0.3) is 0 Å². The number of hydrogen-bond acceptors (Lipinski definition) is 5. The van der Waals surface area contributed by atoms with E-state index in [0.29, 0.717) is 18.0 Å². The van der Waals surface area contributed by atoms with Crippen molar-refractivity contribution in [3.63, 3.8) is 0 Å². The molecular weight excluding hydrogens is 251 g/mol. The Bertz CT molecular complexity index is 371. The normalized spacial score (nSPS) is 23.9. The fraction of sp³-hybridized carbons (Fsp3) is 0.667. The second kappa shape index (κ2) is 5.12. The highest BCUT2D eigenvalue weighted by Gasteiger charge is 2.30. The summed E-state index contributed by atoms with van der Waals surface area (Å²) >= 11 is 11.5. The topological polar surface area (TPSA) is 59.9 Å². The monoisotopic (exact) mass is 262 g/mol. The molecule has 1 aliphatic carbocycles. The third-order valence-corrected chi connectivity index (χ3v) is 2.87. The maximum absolute atomic E-state index is 5.83. The molecule has 2 rings (SSSR count). The van der Waals surface area contributed by atoms with Gasteiger partial charge in [-0.3, -0.25) is 0 Å². The molecule has 0 saturated heterocycles. The molecule has 1 aliphatic rings. The van der Waals surface area contributed by atoms with Gasteiger partial charge in [0.15, 0.2) is 11.0 Å². The van der Waals surface area contributed by atoms with Crippen LogP contribution in [0.2, 0.25) is 10.4 Å². The Labute approximate surface area is 104 Å². The molecule has 7 heteroatoms. The number of aromatic nitrogens is 3. The fourth-order valence-electron chi connectivity index (χ4n) is 1.63. The lowest BCUT2D eigenvalue weighted by atomic mass is 9.89. The first-order chi connectivity index (χ1) is 7.69. The number of ether oxygens (including phenoxy) is 1. The molecule has 1 fully saturated rings. The standard InChI is InChI=1S/C9H12Cl2N4O/c1-2-16-6-3-5(4-6)12-8-7(10)14-15-9(11)13-8/h5-6H,2-4H2,1H3,(H,12,13,15). The minimum atomic E-state index is 0.0904. The zero-order valence-electron chi connectivity index (χ0n) is 8.78. The third-order valence-electron chi connectivity index (χ3n) is 2.46. The van der Waals surface area contributed by atoms with Crippen molar-refractivity contribution in [2.24, 2.45) is 0 Å². The molecule has 1 heterocycles. The van der Waals surface area contributed by atoms with Crippen LogP contribution in [-0.4, -0.2) is 33.9 Å². The molecule has 1 saturated carbocycles. The van der Waals surface area contributed by atoms with E-state index in [1.165, 1.54) is 0 Å². The van der Waals surface area contributed by atoms with Gasteiger partial charge in [-0.15, -0.1) is 10.2 Å². The summed E-state index contributed by atoms with van der Waals surface area (Å²) in [6.45, 7) is 2.74. The van der Waals surface area contributed by atoms with Gasteiger partial charge < -0.3 is 10.1 Å². The van der Waals surface area contributed by atoms with Crippen molar-refractivity contribution in [1.82, 2.24) is 15.2 Å². The van der Waals surface area contributed by atoms with Gasteiger partial charge in [-0.25, -0.2) is 0 Å². The molecule has 0 aromatic carbocycles. The molecular formula is C9H12Cl2N4O. The first-order valence-corrected chi connectivity index (χ1v) is 5.88. The summed E-state index contributed by atoms with van der Waals surface area (Å²) < 4.78 is 5.45. The smallest absolute Gasteiger partial charge is 0.245 e. The van der Waals surface area contributed by atoms with E-state index in [4.69, 9.17) is 27.9 Å². The first kappa shape index (κ1) is 11.8. The van der Waals surface area contributed by atoms with Crippen molar-refractivity contribution in [3.8, 4) is 0 Å². The van der Waals surface area contributed by atoms with Gasteiger partial charge in [-0.2, -0.15) is 4.98 Å². The number of rotatable bonds is 4. The molecule has 0 radical (unpaired) electrons. The minimum absolute atomic E-state index is 0.0904. The Morgan fingerprint density at radius 2 is 2.12 bits per heavy atom. The predicted molar refractivity (Wildman–Crippen MR) is 61.9 cm³/mol. The van der Waals surface area contributed by atoms with Crippen molar-refractivity contribution in [2.45, 2.75) is 31.9 Å². The first-order valence-electron chi connectivity index (χ1n) is 5.13. The molecule has 5 nitrogen and oxygen atoms in total. The van der Waals surface area contributed by atoms with E-state index in [-0.39, 0.29) is 10.4 Å². The highest BCUT2D eigenvalue weighted by Crippen LogP contribution is 2.28. The molecule has 1 aromatic rings. The number of nitrogens with zero attached hydrogens (tertiary/aromatic N) is 3. The van der Waals surface area contributed by atoms with Gasteiger partial charge in [0.05, 0.1) is 6.10 Å². The van der Waals surface area contributed by atoms with Gasteiger partial charge in [0.2, 0.25) is 5.28 Å². The second-order valence-corrected chi connectivity index (χ2v) is 4.31. The number of nitrogens with one attached hydrogen (secondary N) is 1. The van der Waals surface area contributed by atoms with Crippen LogP contribution in [0.5, 0.6) is 0 Å². The molecule has 0 bridgehead atoms. The lowest BCUT2D eigenvalue weighted by Gasteiger charge is -2.35. The van der Waals surface area contributed by atoms with Gasteiger partial charge in [-0.1, -0.05) is 11.6 Å². The van der Waals surface area contributed by atoms with E-state index in [1.54, 1.807) is 0 Å². The molecule has 16 heavy (non-hydrogen) atoms. The van der Waals surface area contributed by atoms with Crippen molar-refractivity contribution in [2.75, 3.05) is 11.9 Å².